The van der Waals surface area contributed by atoms with Gasteiger partial charge in [0.05, 0.1) is 0 Å². The molecule has 3 aliphatic rings. The minimum Gasteiger partial charge on any atom is -0.367 e. The zero-order chi connectivity index (χ0) is 13.9. The number of nitrogens with one attached hydrogen (secondary N) is 2. The van der Waals surface area contributed by atoms with Crippen LogP contribution in [0.5, 0.6) is 0 Å². The van der Waals surface area contributed by atoms with Gasteiger partial charge >= 0.3 is 0 Å². The van der Waals surface area contributed by atoms with E-state index in [1.807, 2.05) is 0 Å². The Morgan fingerprint density at radius 2 is 2.15 bits per heavy atom. The first-order valence-electron chi connectivity index (χ1n) is 8.19. The molecule has 4 heteroatoms. The van der Waals surface area contributed by atoms with Gasteiger partial charge in [-0.3, -0.25) is 0 Å². The molecule has 0 aromatic rings. The Bertz CT molecular complexity index is 382. The molecule has 0 aromatic carbocycles. The van der Waals surface area contributed by atoms with Crippen LogP contribution in [0, 0.1) is 11.8 Å². The van der Waals surface area contributed by atoms with Crippen LogP contribution in [-0.4, -0.2) is 43.0 Å². The molecular formula is C16H28N4. The van der Waals surface area contributed by atoms with Crippen LogP contribution in [0.25, 0.3) is 0 Å². The summed E-state index contributed by atoms with van der Waals surface area (Å²) >= 11 is 0. The highest BCUT2D eigenvalue weighted by Crippen LogP contribution is 2.44. The fourth-order valence-electron chi connectivity index (χ4n) is 4.10. The number of amidine groups is 1. The summed E-state index contributed by atoms with van der Waals surface area (Å²) in [6.07, 6.45) is 6.78. The molecule has 1 aliphatic heterocycles. The van der Waals surface area contributed by atoms with Gasteiger partial charge in [0, 0.05) is 25.7 Å². The molecule has 1 heterocycles. The summed E-state index contributed by atoms with van der Waals surface area (Å²) in [5, 5.41) is 7.00. The van der Waals surface area contributed by atoms with E-state index in [9.17, 15) is 0 Å². The Morgan fingerprint density at radius 1 is 1.25 bits per heavy atom. The molecule has 2 N–H and O–H groups in total. The summed E-state index contributed by atoms with van der Waals surface area (Å²) in [5.74, 6) is 3.80. The van der Waals surface area contributed by atoms with Crippen LogP contribution in [0.15, 0.2) is 17.4 Å². The van der Waals surface area contributed by atoms with Gasteiger partial charge < -0.3 is 15.5 Å². The molecule has 3 unspecified atom stereocenters. The first kappa shape index (κ1) is 13.9. The Labute approximate surface area is 122 Å². The highest BCUT2D eigenvalue weighted by Gasteiger charge is 2.39. The molecule has 20 heavy (non-hydrogen) atoms. The number of hydrogen-bond donors (Lipinski definition) is 2. The Hall–Kier alpha value is -1.03. The van der Waals surface area contributed by atoms with Crippen LogP contribution >= 0.6 is 0 Å². The summed E-state index contributed by atoms with van der Waals surface area (Å²) in [7, 11) is 0. The minimum absolute atomic E-state index is 0.628. The van der Waals surface area contributed by atoms with Gasteiger partial charge in [-0.1, -0.05) is 13.0 Å². The SMILES string of the molecule is C=C(N=C(C)N1CCCNCC1)NC1CC2CCC1C2. The van der Waals surface area contributed by atoms with E-state index < -0.39 is 0 Å². The summed E-state index contributed by atoms with van der Waals surface area (Å²) < 4.78 is 0. The lowest BCUT2D eigenvalue weighted by Gasteiger charge is -2.25. The van der Waals surface area contributed by atoms with Gasteiger partial charge in [-0.25, -0.2) is 4.99 Å². The second-order valence-corrected chi connectivity index (χ2v) is 6.62. The summed E-state index contributed by atoms with van der Waals surface area (Å²) in [4.78, 5) is 7.07. The Kier molecular flexibility index (Phi) is 4.29. The second-order valence-electron chi connectivity index (χ2n) is 6.62. The van der Waals surface area contributed by atoms with Gasteiger partial charge in [0.2, 0.25) is 0 Å². The maximum atomic E-state index is 4.70. The third-order valence-electron chi connectivity index (χ3n) is 5.18. The molecule has 2 saturated carbocycles. The lowest BCUT2D eigenvalue weighted by molar-refractivity contribution is 0.372. The zero-order valence-electron chi connectivity index (χ0n) is 12.7. The highest BCUT2D eigenvalue weighted by atomic mass is 15.2. The third-order valence-corrected chi connectivity index (χ3v) is 5.18. The van der Waals surface area contributed by atoms with Crippen LogP contribution in [0.3, 0.4) is 0 Å². The molecule has 2 aliphatic carbocycles. The molecule has 112 valence electrons. The number of aliphatic imine (C=N–C) groups is 1. The van der Waals surface area contributed by atoms with Crippen molar-refractivity contribution in [2.45, 2.75) is 45.1 Å². The number of rotatable bonds is 3. The van der Waals surface area contributed by atoms with Crippen LogP contribution in [-0.2, 0) is 0 Å². The molecular weight excluding hydrogens is 248 g/mol. The standard InChI is InChI=1S/C16H28N4/c1-12(19-16-11-14-4-5-15(16)10-14)18-13(2)20-8-3-6-17-7-9-20/h14-17,19H,1,3-11H2,2H3. The fraction of sp³-hybridized carbons (Fsp3) is 0.812. The van der Waals surface area contributed by atoms with E-state index in [-0.39, 0.29) is 0 Å². The van der Waals surface area contributed by atoms with Crippen LogP contribution in [0.1, 0.15) is 39.0 Å². The second kappa shape index (κ2) is 6.17. The normalized spacial score (nSPS) is 34.1. The van der Waals surface area contributed by atoms with E-state index in [2.05, 4.69) is 29.0 Å². The van der Waals surface area contributed by atoms with Gasteiger partial charge in [-0.15, -0.1) is 0 Å². The van der Waals surface area contributed by atoms with Crippen LogP contribution in [0.2, 0.25) is 0 Å². The quantitative estimate of drug-likeness (QED) is 0.611. The average molecular weight is 276 g/mol. The molecule has 2 bridgehead atoms. The zero-order valence-corrected chi connectivity index (χ0v) is 12.7. The predicted molar refractivity (Wildman–Crippen MR) is 83.7 cm³/mol. The van der Waals surface area contributed by atoms with Gasteiger partial charge in [0.25, 0.3) is 0 Å². The van der Waals surface area contributed by atoms with Crippen LogP contribution in [0.4, 0.5) is 0 Å². The van der Waals surface area contributed by atoms with Crippen molar-refractivity contribution >= 4 is 5.84 Å². The molecule has 0 aromatic heterocycles. The third kappa shape index (κ3) is 3.17. The van der Waals surface area contributed by atoms with Crippen LogP contribution < -0.4 is 10.6 Å². The summed E-state index contributed by atoms with van der Waals surface area (Å²) in [6.45, 7) is 10.6. The smallest absolute Gasteiger partial charge is 0.120 e. The Morgan fingerprint density at radius 3 is 2.90 bits per heavy atom. The van der Waals surface area contributed by atoms with Crippen molar-refractivity contribution in [1.29, 1.82) is 0 Å². The first-order chi connectivity index (χ1) is 9.72. The van der Waals surface area contributed by atoms with E-state index in [1.54, 1.807) is 0 Å². The van der Waals surface area contributed by atoms with Gasteiger partial charge in [-0.05, 0) is 51.0 Å². The van der Waals surface area contributed by atoms with Gasteiger partial charge in [-0.2, -0.15) is 0 Å². The maximum absolute atomic E-state index is 4.70. The van der Waals surface area contributed by atoms with E-state index in [4.69, 9.17) is 4.99 Å². The largest absolute Gasteiger partial charge is 0.367 e. The molecule has 3 fully saturated rings. The van der Waals surface area contributed by atoms with Crippen molar-refractivity contribution in [2.75, 3.05) is 26.2 Å². The fourth-order valence-corrected chi connectivity index (χ4v) is 4.10. The number of hydrogen-bond acceptors (Lipinski definition) is 3. The molecule has 0 spiro atoms. The highest BCUT2D eigenvalue weighted by molar-refractivity contribution is 5.80. The molecule has 1 saturated heterocycles. The molecule has 0 amide bonds. The maximum Gasteiger partial charge on any atom is 0.120 e. The average Bonchev–Trinajstić information content (AvgIpc) is 2.91. The summed E-state index contributed by atoms with van der Waals surface area (Å²) in [5.41, 5.74) is 0. The van der Waals surface area contributed by atoms with Gasteiger partial charge in [0.15, 0.2) is 0 Å². The van der Waals surface area contributed by atoms with Crippen molar-refractivity contribution in [3.8, 4) is 0 Å². The summed E-state index contributed by atoms with van der Waals surface area (Å²) in [6, 6.07) is 0.628. The first-order valence-corrected chi connectivity index (χ1v) is 8.19. The van der Waals surface area contributed by atoms with Crippen molar-refractivity contribution in [2.24, 2.45) is 16.8 Å². The van der Waals surface area contributed by atoms with Gasteiger partial charge in [0.1, 0.15) is 11.7 Å². The number of fused-ring (bicyclic) bond motifs is 2. The van der Waals surface area contributed by atoms with E-state index in [1.165, 1.54) is 32.1 Å². The monoisotopic (exact) mass is 276 g/mol. The van der Waals surface area contributed by atoms with Crippen molar-refractivity contribution < 1.29 is 0 Å². The molecule has 0 radical (unpaired) electrons. The van der Waals surface area contributed by atoms with E-state index >= 15 is 0 Å². The topological polar surface area (TPSA) is 39.7 Å². The van der Waals surface area contributed by atoms with E-state index in [0.717, 1.165) is 49.7 Å². The van der Waals surface area contributed by atoms with Crippen molar-refractivity contribution in [1.82, 2.24) is 15.5 Å². The van der Waals surface area contributed by atoms with Crippen molar-refractivity contribution in [3.63, 3.8) is 0 Å². The Balaban J connectivity index is 1.52. The lowest BCUT2D eigenvalue weighted by atomic mass is 9.95. The predicted octanol–water partition coefficient (Wildman–Crippen LogP) is 1.95. The van der Waals surface area contributed by atoms with Crippen molar-refractivity contribution in [3.05, 3.63) is 12.4 Å². The molecule has 3 atom stereocenters. The molecule has 4 nitrogen and oxygen atoms in total. The lowest BCUT2D eigenvalue weighted by Crippen LogP contribution is -2.35. The van der Waals surface area contributed by atoms with E-state index in [0.29, 0.717) is 6.04 Å². The number of nitrogens with zero attached hydrogens (tertiary/aromatic N) is 2. The minimum atomic E-state index is 0.628. The molecule has 3 rings (SSSR count).